The van der Waals surface area contributed by atoms with Crippen LogP contribution >= 0.6 is 0 Å². The molecule has 3 heteroatoms. The molecule has 1 saturated carbocycles. The van der Waals surface area contributed by atoms with Crippen molar-refractivity contribution < 1.29 is 4.79 Å². The minimum atomic E-state index is -0.241. The molecule has 1 aromatic carbocycles. The molecule has 1 aliphatic carbocycles. The lowest BCUT2D eigenvalue weighted by molar-refractivity contribution is -0.126. The minimum Gasteiger partial charge on any atom is -0.353 e. The van der Waals surface area contributed by atoms with Crippen LogP contribution in [0.3, 0.4) is 0 Å². The van der Waals surface area contributed by atoms with Gasteiger partial charge in [0.2, 0.25) is 5.91 Å². The maximum Gasteiger partial charge on any atom is 0.224 e. The molecule has 1 aliphatic rings. The maximum absolute atomic E-state index is 12.4. The van der Waals surface area contributed by atoms with Crippen molar-refractivity contribution >= 4 is 5.91 Å². The summed E-state index contributed by atoms with van der Waals surface area (Å²) in [5, 5.41) is 3.20. The molecule has 0 heterocycles. The average molecular weight is 274 g/mol. The number of carbonyl (C=O) groups is 1. The number of amides is 1. The van der Waals surface area contributed by atoms with E-state index in [-0.39, 0.29) is 17.9 Å². The van der Waals surface area contributed by atoms with Crippen molar-refractivity contribution in [3.8, 4) is 0 Å². The highest BCUT2D eigenvalue weighted by atomic mass is 16.2. The number of nitrogens with two attached hydrogens (primary N) is 1. The van der Waals surface area contributed by atoms with Crippen molar-refractivity contribution in [1.82, 2.24) is 5.32 Å². The first-order chi connectivity index (χ1) is 9.59. The third-order valence-corrected chi connectivity index (χ3v) is 4.58. The standard InChI is InChI=1S/C17H26N2O/c1-12-8-6-7-11-15(12)19-17(20)13(2)16(18)14-9-4-3-5-10-14/h3-5,9-10,12-13,15-16H,6-8,11,18H2,1-2H3,(H,19,20). The van der Waals surface area contributed by atoms with Crippen molar-refractivity contribution in [2.24, 2.45) is 17.6 Å². The van der Waals surface area contributed by atoms with Gasteiger partial charge in [0.25, 0.3) is 0 Å². The lowest BCUT2D eigenvalue weighted by Gasteiger charge is -2.31. The highest BCUT2D eigenvalue weighted by Gasteiger charge is 2.27. The summed E-state index contributed by atoms with van der Waals surface area (Å²) in [6, 6.07) is 9.93. The zero-order chi connectivity index (χ0) is 14.5. The molecular formula is C17H26N2O. The molecule has 4 unspecified atom stereocenters. The molecule has 0 radical (unpaired) electrons. The topological polar surface area (TPSA) is 55.1 Å². The summed E-state index contributed by atoms with van der Waals surface area (Å²) in [6.45, 7) is 4.15. The van der Waals surface area contributed by atoms with Crippen molar-refractivity contribution in [3.05, 3.63) is 35.9 Å². The molecule has 0 saturated heterocycles. The first-order valence-corrected chi connectivity index (χ1v) is 7.70. The van der Waals surface area contributed by atoms with E-state index in [9.17, 15) is 4.79 Å². The van der Waals surface area contributed by atoms with Crippen LogP contribution in [0, 0.1) is 11.8 Å². The fourth-order valence-electron chi connectivity index (χ4n) is 2.97. The van der Waals surface area contributed by atoms with Crippen LogP contribution in [0.15, 0.2) is 30.3 Å². The molecule has 1 fully saturated rings. The normalized spacial score (nSPS) is 25.8. The van der Waals surface area contributed by atoms with E-state index in [0.717, 1.165) is 12.0 Å². The molecular weight excluding hydrogens is 248 g/mol. The van der Waals surface area contributed by atoms with Crippen LogP contribution in [0.2, 0.25) is 0 Å². The van der Waals surface area contributed by atoms with Gasteiger partial charge in [-0.15, -0.1) is 0 Å². The van der Waals surface area contributed by atoms with Crippen LogP contribution < -0.4 is 11.1 Å². The monoisotopic (exact) mass is 274 g/mol. The van der Waals surface area contributed by atoms with E-state index in [4.69, 9.17) is 5.73 Å². The molecule has 0 spiro atoms. The molecule has 1 aromatic rings. The van der Waals surface area contributed by atoms with E-state index in [1.807, 2.05) is 37.3 Å². The quantitative estimate of drug-likeness (QED) is 0.886. The van der Waals surface area contributed by atoms with E-state index in [0.29, 0.717) is 12.0 Å². The Hall–Kier alpha value is -1.35. The summed E-state index contributed by atoms with van der Waals surface area (Å²) in [4.78, 5) is 12.4. The Morgan fingerprint density at radius 1 is 1.25 bits per heavy atom. The molecule has 0 aliphatic heterocycles. The second-order valence-electron chi connectivity index (χ2n) is 6.10. The van der Waals surface area contributed by atoms with E-state index in [1.54, 1.807) is 0 Å². The second-order valence-corrected chi connectivity index (χ2v) is 6.10. The third-order valence-electron chi connectivity index (χ3n) is 4.58. The molecule has 3 N–H and O–H groups in total. The van der Waals surface area contributed by atoms with E-state index in [2.05, 4.69) is 12.2 Å². The predicted molar refractivity (Wildman–Crippen MR) is 82.1 cm³/mol. The molecule has 1 amide bonds. The highest BCUT2D eigenvalue weighted by molar-refractivity contribution is 5.79. The Kier molecular flexibility index (Phi) is 5.18. The van der Waals surface area contributed by atoms with Gasteiger partial charge >= 0.3 is 0 Å². The Balaban J connectivity index is 1.94. The van der Waals surface area contributed by atoms with E-state index in [1.165, 1.54) is 19.3 Å². The van der Waals surface area contributed by atoms with Gasteiger partial charge < -0.3 is 11.1 Å². The van der Waals surface area contributed by atoms with Gasteiger partial charge in [-0.1, -0.05) is 57.0 Å². The highest BCUT2D eigenvalue weighted by Crippen LogP contribution is 2.25. The minimum absolute atomic E-state index is 0.0834. The largest absolute Gasteiger partial charge is 0.353 e. The predicted octanol–water partition coefficient (Wildman–Crippen LogP) is 3.02. The van der Waals surface area contributed by atoms with Gasteiger partial charge in [-0.25, -0.2) is 0 Å². The van der Waals surface area contributed by atoms with Gasteiger partial charge in [0.05, 0.1) is 5.92 Å². The summed E-state index contributed by atoms with van der Waals surface area (Å²) >= 11 is 0. The molecule has 0 bridgehead atoms. The van der Waals surface area contributed by atoms with Gasteiger partial charge in [0, 0.05) is 12.1 Å². The van der Waals surface area contributed by atoms with Gasteiger partial charge in [-0.05, 0) is 24.3 Å². The molecule has 3 nitrogen and oxygen atoms in total. The van der Waals surface area contributed by atoms with Crippen molar-refractivity contribution in [1.29, 1.82) is 0 Å². The van der Waals surface area contributed by atoms with Crippen LogP contribution in [0.4, 0.5) is 0 Å². The summed E-state index contributed by atoms with van der Waals surface area (Å²) < 4.78 is 0. The van der Waals surface area contributed by atoms with Crippen LogP contribution in [0.5, 0.6) is 0 Å². The van der Waals surface area contributed by atoms with Gasteiger partial charge in [0.1, 0.15) is 0 Å². The summed E-state index contributed by atoms with van der Waals surface area (Å²) in [6.07, 6.45) is 4.81. The molecule has 110 valence electrons. The number of nitrogens with one attached hydrogen (secondary N) is 1. The lowest BCUT2D eigenvalue weighted by atomic mass is 9.85. The Bertz CT molecular complexity index is 432. The van der Waals surface area contributed by atoms with Crippen LogP contribution in [-0.4, -0.2) is 11.9 Å². The first kappa shape index (κ1) is 15.0. The van der Waals surface area contributed by atoms with Crippen molar-refractivity contribution in [3.63, 3.8) is 0 Å². The number of rotatable bonds is 4. The molecule has 20 heavy (non-hydrogen) atoms. The van der Waals surface area contributed by atoms with Crippen LogP contribution in [0.1, 0.15) is 51.1 Å². The lowest BCUT2D eigenvalue weighted by Crippen LogP contribution is -2.45. The average Bonchev–Trinajstić information content (AvgIpc) is 2.49. The summed E-state index contributed by atoms with van der Waals surface area (Å²) in [7, 11) is 0. The van der Waals surface area contributed by atoms with Gasteiger partial charge in [-0.3, -0.25) is 4.79 Å². The fourth-order valence-corrected chi connectivity index (χ4v) is 2.97. The van der Waals surface area contributed by atoms with Crippen LogP contribution in [0.25, 0.3) is 0 Å². The van der Waals surface area contributed by atoms with Crippen molar-refractivity contribution in [2.75, 3.05) is 0 Å². The molecule has 4 atom stereocenters. The zero-order valence-electron chi connectivity index (χ0n) is 12.5. The maximum atomic E-state index is 12.4. The molecule has 0 aromatic heterocycles. The van der Waals surface area contributed by atoms with E-state index >= 15 is 0 Å². The number of carbonyl (C=O) groups excluding carboxylic acids is 1. The Morgan fingerprint density at radius 2 is 1.90 bits per heavy atom. The number of hydrogen-bond acceptors (Lipinski definition) is 2. The van der Waals surface area contributed by atoms with E-state index < -0.39 is 0 Å². The number of benzene rings is 1. The Labute approximate surface area is 121 Å². The summed E-state index contributed by atoms with van der Waals surface area (Å²) in [5.41, 5.74) is 7.24. The SMILES string of the molecule is CC1CCCCC1NC(=O)C(C)C(N)c1ccccc1. The number of hydrogen-bond donors (Lipinski definition) is 2. The second kappa shape index (κ2) is 6.89. The van der Waals surface area contributed by atoms with Crippen LogP contribution in [-0.2, 0) is 4.79 Å². The zero-order valence-corrected chi connectivity index (χ0v) is 12.5. The Morgan fingerprint density at radius 3 is 2.55 bits per heavy atom. The first-order valence-electron chi connectivity index (χ1n) is 7.70. The molecule has 2 rings (SSSR count). The smallest absolute Gasteiger partial charge is 0.224 e. The fraction of sp³-hybridized carbons (Fsp3) is 0.588. The van der Waals surface area contributed by atoms with Gasteiger partial charge in [-0.2, -0.15) is 0 Å². The van der Waals surface area contributed by atoms with Crippen molar-refractivity contribution in [2.45, 2.75) is 51.6 Å². The third kappa shape index (κ3) is 3.60. The summed E-state index contributed by atoms with van der Waals surface area (Å²) in [5.74, 6) is 0.458. The van der Waals surface area contributed by atoms with Gasteiger partial charge in [0.15, 0.2) is 0 Å².